The first-order valence-electron chi connectivity index (χ1n) is 6.75. The van der Waals surface area contributed by atoms with Crippen LogP contribution in [0.3, 0.4) is 0 Å². The number of benzene rings is 1. The molecule has 3 rings (SSSR count). The minimum atomic E-state index is -0.101. The van der Waals surface area contributed by atoms with E-state index < -0.39 is 0 Å². The van der Waals surface area contributed by atoms with Crippen LogP contribution in [0.5, 0.6) is 0 Å². The Morgan fingerprint density at radius 3 is 3.10 bits per heavy atom. The van der Waals surface area contributed by atoms with Crippen LogP contribution in [-0.4, -0.2) is 47.4 Å². The fourth-order valence-corrected chi connectivity index (χ4v) is 2.73. The summed E-state index contributed by atoms with van der Waals surface area (Å²) < 4.78 is 5.46. The molecule has 4 nitrogen and oxygen atoms in total. The van der Waals surface area contributed by atoms with E-state index in [9.17, 15) is 5.11 Å². The summed E-state index contributed by atoms with van der Waals surface area (Å²) in [6.07, 6.45) is -0.101. The van der Waals surface area contributed by atoms with Crippen molar-refractivity contribution in [2.24, 2.45) is 0 Å². The predicted molar refractivity (Wildman–Crippen MR) is 78.9 cm³/mol. The molecular formula is C15H17ClN2O2. The number of halogens is 1. The number of hydrogen-bond acceptors (Lipinski definition) is 4. The molecule has 1 N–H and O–H groups in total. The number of hydrogen-bond donors (Lipinski definition) is 1. The van der Waals surface area contributed by atoms with E-state index in [-0.39, 0.29) is 12.7 Å². The van der Waals surface area contributed by atoms with E-state index in [1.807, 2.05) is 24.3 Å². The van der Waals surface area contributed by atoms with Gasteiger partial charge in [0, 0.05) is 30.6 Å². The number of morpholine rings is 1. The number of fused-ring (bicyclic) bond motifs is 1. The third kappa shape index (κ3) is 2.94. The van der Waals surface area contributed by atoms with Gasteiger partial charge in [-0.1, -0.05) is 29.8 Å². The normalized spacial score (nSPS) is 20.4. The summed E-state index contributed by atoms with van der Waals surface area (Å²) in [6, 6.07) is 10.0. The topological polar surface area (TPSA) is 45.6 Å². The zero-order valence-electron chi connectivity index (χ0n) is 11.1. The Morgan fingerprint density at radius 2 is 2.25 bits per heavy atom. The average Bonchev–Trinajstić information content (AvgIpc) is 2.48. The fraction of sp³-hybridized carbons (Fsp3) is 0.400. The number of aliphatic hydroxyl groups excluding tert-OH is 1. The highest BCUT2D eigenvalue weighted by molar-refractivity contribution is 6.30. The number of pyridine rings is 1. The molecule has 1 aliphatic heterocycles. The molecule has 0 radical (unpaired) electrons. The van der Waals surface area contributed by atoms with Gasteiger partial charge in [-0.25, -0.2) is 4.98 Å². The second kappa shape index (κ2) is 6.06. The van der Waals surface area contributed by atoms with Crippen molar-refractivity contribution in [3.63, 3.8) is 0 Å². The second-order valence-electron chi connectivity index (χ2n) is 5.04. The van der Waals surface area contributed by atoms with Crippen LogP contribution in [0, 0.1) is 0 Å². The van der Waals surface area contributed by atoms with Crippen LogP contribution in [0.2, 0.25) is 5.15 Å². The van der Waals surface area contributed by atoms with Crippen LogP contribution in [-0.2, 0) is 11.3 Å². The van der Waals surface area contributed by atoms with E-state index >= 15 is 0 Å². The van der Waals surface area contributed by atoms with Crippen molar-refractivity contribution in [3.8, 4) is 0 Å². The average molecular weight is 293 g/mol. The van der Waals surface area contributed by atoms with Gasteiger partial charge in [0.05, 0.1) is 24.8 Å². The molecule has 1 aromatic heterocycles. The van der Waals surface area contributed by atoms with E-state index in [4.69, 9.17) is 16.3 Å². The molecule has 0 bridgehead atoms. The van der Waals surface area contributed by atoms with E-state index in [0.717, 1.165) is 36.1 Å². The predicted octanol–water partition coefficient (Wildman–Crippen LogP) is 2.08. The summed E-state index contributed by atoms with van der Waals surface area (Å²) in [6.45, 7) is 3.00. The Bertz CT molecular complexity index is 605. The zero-order valence-corrected chi connectivity index (χ0v) is 11.9. The van der Waals surface area contributed by atoms with Crippen LogP contribution in [0.1, 0.15) is 5.56 Å². The van der Waals surface area contributed by atoms with E-state index in [1.165, 1.54) is 0 Å². The monoisotopic (exact) mass is 292 g/mol. The zero-order chi connectivity index (χ0) is 13.9. The molecule has 2 heterocycles. The van der Waals surface area contributed by atoms with Gasteiger partial charge < -0.3 is 9.84 Å². The smallest absolute Gasteiger partial charge is 0.134 e. The molecule has 5 heteroatoms. The highest BCUT2D eigenvalue weighted by atomic mass is 35.5. The summed E-state index contributed by atoms with van der Waals surface area (Å²) in [4.78, 5) is 6.68. The quantitative estimate of drug-likeness (QED) is 0.880. The third-order valence-electron chi connectivity index (χ3n) is 3.57. The van der Waals surface area contributed by atoms with Gasteiger partial charge in [-0.3, -0.25) is 4.90 Å². The van der Waals surface area contributed by atoms with Crippen LogP contribution in [0.15, 0.2) is 30.3 Å². The van der Waals surface area contributed by atoms with Gasteiger partial charge in [-0.2, -0.15) is 0 Å². The number of nitrogens with zero attached hydrogens (tertiary/aromatic N) is 2. The Labute approximate surface area is 122 Å². The van der Waals surface area contributed by atoms with Gasteiger partial charge in [0.15, 0.2) is 0 Å². The molecule has 0 amide bonds. The lowest BCUT2D eigenvalue weighted by Gasteiger charge is -2.32. The van der Waals surface area contributed by atoms with Gasteiger partial charge in [0.25, 0.3) is 0 Å². The lowest BCUT2D eigenvalue weighted by Crippen LogP contribution is -2.43. The molecular weight excluding hydrogens is 276 g/mol. The second-order valence-corrected chi connectivity index (χ2v) is 5.40. The molecule has 1 atom stereocenters. The first-order valence-corrected chi connectivity index (χ1v) is 7.13. The van der Waals surface area contributed by atoms with Crippen molar-refractivity contribution in [1.82, 2.24) is 9.88 Å². The number of para-hydroxylation sites is 1. The van der Waals surface area contributed by atoms with Crippen molar-refractivity contribution in [1.29, 1.82) is 0 Å². The Balaban J connectivity index is 1.81. The van der Waals surface area contributed by atoms with Crippen LogP contribution in [0.25, 0.3) is 10.9 Å². The van der Waals surface area contributed by atoms with Crippen LogP contribution < -0.4 is 0 Å². The molecule has 1 aromatic carbocycles. The van der Waals surface area contributed by atoms with Crippen LogP contribution in [0.4, 0.5) is 0 Å². The van der Waals surface area contributed by atoms with Gasteiger partial charge in [-0.15, -0.1) is 0 Å². The molecule has 1 saturated heterocycles. The van der Waals surface area contributed by atoms with E-state index in [2.05, 4.69) is 16.0 Å². The first-order chi connectivity index (χ1) is 9.76. The van der Waals surface area contributed by atoms with Crippen molar-refractivity contribution in [2.45, 2.75) is 12.6 Å². The summed E-state index contributed by atoms with van der Waals surface area (Å²) in [5.41, 5.74) is 1.93. The lowest BCUT2D eigenvalue weighted by atomic mass is 10.1. The molecule has 2 aromatic rings. The van der Waals surface area contributed by atoms with Crippen molar-refractivity contribution in [2.75, 3.05) is 26.3 Å². The SMILES string of the molecule is OCC1CN(Cc2cc3ccccc3nc2Cl)CCO1. The number of aliphatic hydroxyl groups is 1. The first kappa shape index (κ1) is 13.8. The van der Waals surface area contributed by atoms with Crippen LogP contribution >= 0.6 is 11.6 Å². The molecule has 0 spiro atoms. The number of aromatic nitrogens is 1. The van der Waals surface area contributed by atoms with Gasteiger partial charge in [0.1, 0.15) is 5.15 Å². The highest BCUT2D eigenvalue weighted by Gasteiger charge is 2.20. The number of ether oxygens (including phenoxy) is 1. The van der Waals surface area contributed by atoms with Gasteiger partial charge >= 0.3 is 0 Å². The minimum absolute atomic E-state index is 0.0558. The van der Waals surface area contributed by atoms with Crippen molar-refractivity contribution < 1.29 is 9.84 Å². The molecule has 1 fully saturated rings. The molecule has 0 aliphatic carbocycles. The summed E-state index contributed by atoms with van der Waals surface area (Å²) >= 11 is 6.27. The molecule has 1 aliphatic rings. The number of rotatable bonds is 3. The Morgan fingerprint density at radius 1 is 1.40 bits per heavy atom. The van der Waals surface area contributed by atoms with Gasteiger partial charge in [0.2, 0.25) is 0 Å². The molecule has 1 unspecified atom stereocenters. The summed E-state index contributed by atoms with van der Waals surface area (Å²) in [7, 11) is 0. The summed E-state index contributed by atoms with van der Waals surface area (Å²) in [5.74, 6) is 0. The van der Waals surface area contributed by atoms with Crippen molar-refractivity contribution >= 4 is 22.5 Å². The Kier molecular flexibility index (Phi) is 4.17. The Hall–Kier alpha value is -1.20. The third-order valence-corrected chi connectivity index (χ3v) is 3.90. The summed E-state index contributed by atoms with van der Waals surface area (Å²) in [5, 5.41) is 10.8. The van der Waals surface area contributed by atoms with Crippen molar-refractivity contribution in [3.05, 3.63) is 41.0 Å². The minimum Gasteiger partial charge on any atom is -0.394 e. The molecule has 20 heavy (non-hydrogen) atoms. The lowest BCUT2D eigenvalue weighted by molar-refractivity contribution is -0.0551. The molecule has 106 valence electrons. The maximum Gasteiger partial charge on any atom is 0.134 e. The molecule has 0 saturated carbocycles. The highest BCUT2D eigenvalue weighted by Crippen LogP contribution is 2.22. The maximum atomic E-state index is 9.18. The van der Waals surface area contributed by atoms with Gasteiger partial charge in [-0.05, 0) is 12.1 Å². The fourth-order valence-electron chi connectivity index (χ4n) is 2.52. The maximum absolute atomic E-state index is 9.18. The van der Waals surface area contributed by atoms with E-state index in [0.29, 0.717) is 11.8 Å². The largest absolute Gasteiger partial charge is 0.394 e. The van der Waals surface area contributed by atoms with E-state index in [1.54, 1.807) is 0 Å². The standard InChI is InChI=1S/C15H17ClN2O2/c16-15-12(7-11-3-1-2-4-14(11)17-15)8-18-5-6-20-13(9-18)10-19/h1-4,7,13,19H,5-6,8-10H2.